The third kappa shape index (κ3) is 3.12. The molecule has 0 unspecified atom stereocenters. The molecule has 1 aliphatic rings. The van der Waals surface area contributed by atoms with E-state index in [9.17, 15) is 14.0 Å². The van der Waals surface area contributed by atoms with Crippen molar-refractivity contribution in [1.29, 1.82) is 0 Å². The highest BCUT2D eigenvalue weighted by Crippen LogP contribution is 2.27. The van der Waals surface area contributed by atoms with Crippen molar-refractivity contribution in [2.75, 3.05) is 0 Å². The molecule has 134 valence electrons. The quantitative estimate of drug-likeness (QED) is 0.675. The molecule has 0 bridgehead atoms. The second-order valence-corrected chi connectivity index (χ2v) is 6.57. The molecule has 2 heterocycles. The Kier molecular flexibility index (Phi) is 4.28. The number of halogens is 1. The molecule has 0 radical (unpaired) electrons. The fourth-order valence-corrected chi connectivity index (χ4v) is 3.45. The summed E-state index contributed by atoms with van der Waals surface area (Å²) in [7, 11) is 0. The van der Waals surface area contributed by atoms with Crippen molar-refractivity contribution in [1.82, 2.24) is 14.3 Å². The summed E-state index contributed by atoms with van der Waals surface area (Å²) < 4.78 is 21.4. The molecule has 0 atom stereocenters. The zero-order valence-corrected chi connectivity index (χ0v) is 14.1. The van der Waals surface area contributed by atoms with Crippen LogP contribution in [0.25, 0.3) is 11.3 Å². The van der Waals surface area contributed by atoms with E-state index in [0.29, 0.717) is 17.0 Å². The molecule has 26 heavy (non-hydrogen) atoms. The maximum Gasteiger partial charge on any atom is 0.316 e. The number of benzene rings is 1. The van der Waals surface area contributed by atoms with Crippen molar-refractivity contribution in [2.45, 2.75) is 38.3 Å². The Balaban J connectivity index is 1.59. The Morgan fingerprint density at radius 1 is 1.12 bits per heavy atom. The predicted molar refractivity (Wildman–Crippen MR) is 93.5 cm³/mol. The fraction of sp³-hybridized carbons (Fsp3) is 0.316. The minimum Gasteiger partial charge on any atom is -0.359 e. The molecular formula is C19H18FN3O3. The second kappa shape index (κ2) is 6.74. The van der Waals surface area contributed by atoms with Crippen molar-refractivity contribution < 1.29 is 8.91 Å². The van der Waals surface area contributed by atoms with Crippen LogP contribution in [-0.4, -0.2) is 14.3 Å². The molecule has 1 aliphatic carbocycles. The van der Waals surface area contributed by atoms with E-state index < -0.39 is 11.1 Å². The van der Waals surface area contributed by atoms with Crippen LogP contribution in [-0.2, 0) is 6.54 Å². The summed E-state index contributed by atoms with van der Waals surface area (Å²) in [6.07, 6.45) is 7.31. The van der Waals surface area contributed by atoms with Crippen molar-refractivity contribution >= 4 is 0 Å². The summed E-state index contributed by atoms with van der Waals surface area (Å²) in [6.45, 7) is 0.0991. The monoisotopic (exact) mass is 355 g/mol. The molecule has 1 aromatic carbocycles. The first-order chi connectivity index (χ1) is 12.6. The Morgan fingerprint density at radius 3 is 2.69 bits per heavy atom. The van der Waals surface area contributed by atoms with Crippen LogP contribution in [0.2, 0.25) is 0 Å². The normalized spacial score (nSPS) is 14.8. The van der Waals surface area contributed by atoms with Gasteiger partial charge in [-0.2, -0.15) is 0 Å². The van der Waals surface area contributed by atoms with Crippen LogP contribution >= 0.6 is 0 Å². The van der Waals surface area contributed by atoms with Gasteiger partial charge in [-0.3, -0.25) is 9.59 Å². The minimum atomic E-state index is -0.580. The molecular weight excluding hydrogens is 337 g/mol. The Hall–Kier alpha value is -2.96. The van der Waals surface area contributed by atoms with Gasteiger partial charge in [0.2, 0.25) is 0 Å². The molecule has 0 aliphatic heterocycles. The standard InChI is InChI=1S/C19H18FN3O3/c20-14-5-3-4-13(10-14)17-11-16(26-21-17)12-22-8-9-23(19(25)18(22)24)15-6-1-2-7-15/h3-5,8-11,15H,1-2,6-7,12H2. The largest absolute Gasteiger partial charge is 0.359 e. The number of hydrogen-bond donors (Lipinski definition) is 0. The summed E-state index contributed by atoms with van der Waals surface area (Å²) in [5, 5.41) is 3.92. The van der Waals surface area contributed by atoms with Crippen molar-refractivity contribution in [3.63, 3.8) is 0 Å². The number of nitrogens with zero attached hydrogens (tertiary/aromatic N) is 3. The molecule has 2 aromatic heterocycles. The molecule has 0 spiro atoms. The first-order valence-electron chi connectivity index (χ1n) is 8.65. The van der Waals surface area contributed by atoms with Crippen molar-refractivity contribution in [3.05, 3.63) is 75.0 Å². The smallest absolute Gasteiger partial charge is 0.316 e. The van der Waals surface area contributed by atoms with E-state index in [-0.39, 0.29) is 18.4 Å². The van der Waals surface area contributed by atoms with Crippen molar-refractivity contribution in [2.24, 2.45) is 0 Å². The van der Waals surface area contributed by atoms with Gasteiger partial charge in [-0.25, -0.2) is 4.39 Å². The van der Waals surface area contributed by atoms with E-state index in [4.69, 9.17) is 4.52 Å². The van der Waals surface area contributed by atoms with Crippen LogP contribution in [0, 0.1) is 5.82 Å². The molecule has 1 fully saturated rings. The van der Waals surface area contributed by atoms with Crippen LogP contribution in [0.4, 0.5) is 4.39 Å². The molecule has 7 heteroatoms. The third-order valence-corrected chi connectivity index (χ3v) is 4.81. The number of hydrogen-bond acceptors (Lipinski definition) is 4. The maximum atomic E-state index is 13.3. The Morgan fingerprint density at radius 2 is 1.92 bits per heavy atom. The third-order valence-electron chi connectivity index (χ3n) is 4.81. The summed E-state index contributed by atoms with van der Waals surface area (Å²) in [6, 6.07) is 7.78. The topological polar surface area (TPSA) is 70.0 Å². The van der Waals surface area contributed by atoms with Gasteiger partial charge in [-0.05, 0) is 25.0 Å². The highest BCUT2D eigenvalue weighted by Gasteiger charge is 2.19. The van der Waals surface area contributed by atoms with Gasteiger partial charge in [-0.1, -0.05) is 30.1 Å². The second-order valence-electron chi connectivity index (χ2n) is 6.57. The fourth-order valence-electron chi connectivity index (χ4n) is 3.45. The molecule has 1 saturated carbocycles. The summed E-state index contributed by atoms with van der Waals surface area (Å²) in [5.41, 5.74) is -0.0248. The SMILES string of the molecule is O=c1c(=O)n(C2CCCC2)ccn1Cc1cc(-c2cccc(F)c2)no1. The zero-order valence-electron chi connectivity index (χ0n) is 14.1. The summed E-state index contributed by atoms with van der Waals surface area (Å²) >= 11 is 0. The molecule has 0 saturated heterocycles. The highest BCUT2D eigenvalue weighted by molar-refractivity contribution is 5.58. The van der Waals surface area contributed by atoms with Gasteiger partial charge in [-0.15, -0.1) is 0 Å². The molecule has 0 amide bonds. The van der Waals surface area contributed by atoms with E-state index >= 15 is 0 Å². The van der Waals surface area contributed by atoms with Crippen LogP contribution in [0.1, 0.15) is 37.5 Å². The van der Waals surface area contributed by atoms with E-state index in [2.05, 4.69) is 5.16 Å². The summed E-state index contributed by atoms with van der Waals surface area (Å²) in [4.78, 5) is 24.8. The van der Waals surface area contributed by atoms with E-state index in [1.165, 1.54) is 16.7 Å². The first-order valence-corrected chi connectivity index (χ1v) is 8.65. The lowest BCUT2D eigenvalue weighted by Crippen LogP contribution is -2.41. The van der Waals surface area contributed by atoms with Gasteiger partial charge in [0.25, 0.3) is 0 Å². The lowest BCUT2D eigenvalue weighted by Gasteiger charge is -2.13. The maximum absolute atomic E-state index is 13.3. The summed E-state index contributed by atoms with van der Waals surface area (Å²) in [5.74, 6) is 0.0585. The first kappa shape index (κ1) is 16.5. The van der Waals surface area contributed by atoms with E-state index in [1.807, 2.05) is 0 Å². The van der Waals surface area contributed by atoms with Gasteiger partial charge in [0.15, 0.2) is 5.76 Å². The molecule has 0 N–H and O–H groups in total. The predicted octanol–water partition coefficient (Wildman–Crippen LogP) is 2.97. The average Bonchev–Trinajstić information content (AvgIpc) is 3.31. The highest BCUT2D eigenvalue weighted by atomic mass is 19.1. The van der Waals surface area contributed by atoms with Gasteiger partial charge in [0.1, 0.15) is 11.5 Å². The van der Waals surface area contributed by atoms with Crippen molar-refractivity contribution in [3.8, 4) is 11.3 Å². The Labute approximate surface area is 148 Å². The van der Waals surface area contributed by atoms with Gasteiger partial charge >= 0.3 is 11.1 Å². The zero-order chi connectivity index (χ0) is 18.1. The lowest BCUT2D eigenvalue weighted by atomic mass is 10.1. The van der Waals surface area contributed by atoms with Crippen LogP contribution in [0.15, 0.2) is 56.8 Å². The van der Waals surface area contributed by atoms with Crippen LogP contribution in [0.5, 0.6) is 0 Å². The molecule has 6 nitrogen and oxygen atoms in total. The van der Waals surface area contributed by atoms with E-state index in [0.717, 1.165) is 25.7 Å². The van der Waals surface area contributed by atoms with Gasteiger partial charge < -0.3 is 13.7 Å². The average molecular weight is 355 g/mol. The van der Waals surface area contributed by atoms with Crippen LogP contribution in [0.3, 0.4) is 0 Å². The molecule has 3 aromatic rings. The minimum absolute atomic E-state index is 0.0991. The number of aromatic nitrogens is 3. The number of rotatable bonds is 4. The van der Waals surface area contributed by atoms with E-state index in [1.54, 1.807) is 35.2 Å². The van der Waals surface area contributed by atoms with Gasteiger partial charge in [0, 0.05) is 30.1 Å². The Bertz CT molecular complexity index is 1040. The lowest BCUT2D eigenvalue weighted by molar-refractivity contribution is 0.375. The molecule has 4 rings (SSSR count). The van der Waals surface area contributed by atoms with Gasteiger partial charge in [0.05, 0.1) is 6.54 Å². The van der Waals surface area contributed by atoms with Crippen LogP contribution < -0.4 is 11.1 Å².